The van der Waals surface area contributed by atoms with Crippen LogP contribution in [-0.2, 0) is 16.6 Å². The second-order valence-electron chi connectivity index (χ2n) is 12.5. The van der Waals surface area contributed by atoms with E-state index >= 15 is 0 Å². The number of ether oxygens (including phenoxy) is 1. The number of nitrogen functional groups attached to an aromatic ring is 1. The minimum Gasteiger partial charge on any atom is -0.486 e. The first-order chi connectivity index (χ1) is 23.3. The number of rotatable bonds is 11. The topological polar surface area (TPSA) is 180 Å². The summed E-state index contributed by atoms with van der Waals surface area (Å²) in [6.07, 6.45) is -0.489. The van der Waals surface area contributed by atoms with Crippen molar-refractivity contribution in [2.24, 2.45) is 5.92 Å². The molecule has 0 saturated carbocycles. The van der Waals surface area contributed by atoms with Gasteiger partial charge in [0, 0.05) is 31.1 Å². The zero-order chi connectivity index (χ0) is 35.5. The van der Waals surface area contributed by atoms with Crippen LogP contribution >= 0.6 is 0 Å². The largest absolute Gasteiger partial charge is 0.486 e. The monoisotopic (exact) mass is 690 g/mol. The number of aryl methyl sites for hydroxylation is 2. The van der Waals surface area contributed by atoms with Crippen LogP contribution in [0.3, 0.4) is 0 Å². The third-order valence-corrected chi connectivity index (χ3v) is 10.2. The number of hydrogen-bond acceptors (Lipinski definition) is 10. The van der Waals surface area contributed by atoms with E-state index in [2.05, 4.69) is 20.1 Å². The first-order valence-corrected chi connectivity index (χ1v) is 17.4. The van der Waals surface area contributed by atoms with E-state index < -0.39 is 22.2 Å². The van der Waals surface area contributed by atoms with Crippen molar-refractivity contribution in [2.45, 2.75) is 51.3 Å². The quantitative estimate of drug-likeness (QED) is 0.166. The summed E-state index contributed by atoms with van der Waals surface area (Å²) in [5.74, 6) is -0.640. The summed E-state index contributed by atoms with van der Waals surface area (Å²) in [6, 6.07) is 18.5. The Morgan fingerprint density at radius 1 is 1.10 bits per heavy atom. The molecule has 0 fully saturated rings. The van der Waals surface area contributed by atoms with Crippen LogP contribution in [0.1, 0.15) is 51.6 Å². The van der Waals surface area contributed by atoms with E-state index in [1.165, 1.54) is 13.8 Å². The molecule has 0 spiro atoms. The Morgan fingerprint density at radius 2 is 1.80 bits per heavy atom. The molecule has 49 heavy (non-hydrogen) atoms. The van der Waals surface area contributed by atoms with Crippen LogP contribution in [0.5, 0.6) is 5.75 Å². The van der Waals surface area contributed by atoms with Crippen molar-refractivity contribution in [3.8, 4) is 5.75 Å². The van der Waals surface area contributed by atoms with E-state index in [0.717, 1.165) is 5.56 Å². The summed E-state index contributed by atoms with van der Waals surface area (Å²) < 4.78 is 41.3. The van der Waals surface area contributed by atoms with Crippen LogP contribution in [0.25, 0.3) is 0 Å². The van der Waals surface area contributed by atoms with Crippen molar-refractivity contribution in [3.63, 3.8) is 0 Å². The molecule has 1 aliphatic heterocycles. The van der Waals surface area contributed by atoms with E-state index in [1.54, 1.807) is 66.4 Å². The summed E-state index contributed by atoms with van der Waals surface area (Å²) in [4.78, 5) is 30.2. The van der Waals surface area contributed by atoms with Crippen LogP contribution in [0, 0.1) is 19.8 Å². The van der Waals surface area contributed by atoms with Crippen molar-refractivity contribution in [2.75, 3.05) is 42.5 Å². The Balaban J connectivity index is 1.38. The molecule has 5 rings (SSSR count). The van der Waals surface area contributed by atoms with Crippen LogP contribution in [-0.4, -0.2) is 79.2 Å². The number of fused-ring (bicyclic) bond motifs is 1. The normalized spacial score (nSPS) is 17.1. The number of carbonyl (C=O) groups is 2. The maximum absolute atomic E-state index is 13.8. The first-order valence-electron chi connectivity index (χ1n) is 15.9. The fourth-order valence-corrected chi connectivity index (χ4v) is 7.24. The lowest BCUT2D eigenvalue weighted by Gasteiger charge is -2.38. The lowest BCUT2D eigenvalue weighted by molar-refractivity contribution is 0.0344. The molecule has 4 aromatic rings. The predicted molar refractivity (Wildman–Crippen MR) is 186 cm³/mol. The predicted octanol–water partition coefficient (Wildman–Crippen LogP) is 4.28. The highest BCUT2D eigenvalue weighted by atomic mass is 32.2. The molecule has 5 N–H and O–H groups in total. The van der Waals surface area contributed by atoms with Crippen LogP contribution in [0.15, 0.2) is 76.1 Å². The molecule has 0 saturated heterocycles. The SMILES string of the molecule is Cc1noc(C)c1S(=O)(=O)Nc1cccc2c1O[C@H](CN(C)Cc1ccc(C(=O)Nc3ccccc3N)cc1)[C@H](C)CN([C@H](C)CO)C2=O. The fraction of sp³-hybridized carbons (Fsp3) is 0.343. The van der Waals surface area contributed by atoms with Gasteiger partial charge in [0.15, 0.2) is 16.4 Å². The molecule has 0 radical (unpaired) electrons. The lowest BCUT2D eigenvalue weighted by atomic mass is 9.99. The number of hydrogen-bond donors (Lipinski definition) is 4. The van der Waals surface area contributed by atoms with Crippen molar-refractivity contribution in [1.29, 1.82) is 0 Å². The number of anilines is 3. The summed E-state index contributed by atoms with van der Waals surface area (Å²) in [6.45, 7) is 7.75. The van der Waals surface area contributed by atoms with E-state index in [0.29, 0.717) is 36.6 Å². The number of nitrogens with two attached hydrogens (primary N) is 1. The highest BCUT2D eigenvalue weighted by molar-refractivity contribution is 7.92. The van der Waals surface area contributed by atoms with E-state index in [1.807, 2.05) is 26.1 Å². The molecule has 0 unspecified atom stereocenters. The number of nitrogens with one attached hydrogen (secondary N) is 2. The molecule has 3 atom stereocenters. The van der Waals surface area contributed by atoms with Crippen molar-refractivity contribution >= 4 is 38.9 Å². The highest BCUT2D eigenvalue weighted by Crippen LogP contribution is 2.36. The van der Waals surface area contributed by atoms with E-state index in [9.17, 15) is 23.1 Å². The van der Waals surface area contributed by atoms with Crippen LogP contribution < -0.4 is 20.5 Å². The molecule has 1 aliphatic rings. The standard InChI is InChI=1S/C35H42N6O7S/c1-21-17-41(22(2)20-42)35(44)27-9-8-12-30(39-49(45,46)33-23(3)38-48-24(33)4)32(27)47-31(21)19-40(5)18-25-13-15-26(16-14-25)34(43)37-29-11-7-6-10-28(29)36/h6-16,21-22,31,39,42H,17-20,36H2,1-5H3,(H,37,43)/t21-,22-,31-/m1/s1. The molecule has 2 amide bonds. The van der Waals surface area contributed by atoms with Gasteiger partial charge < -0.3 is 30.3 Å². The second-order valence-corrected chi connectivity index (χ2v) is 14.1. The van der Waals surface area contributed by atoms with Gasteiger partial charge in [-0.15, -0.1) is 0 Å². The second kappa shape index (κ2) is 14.7. The van der Waals surface area contributed by atoms with Gasteiger partial charge in [-0.3, -0.25) is 19.2 Å². The van der Waals surface area contributed by atoms with Gasteiger partial charge in [0.2, 0.25) is 0 Å². The zero-order valence-corrected chi connectivity index (χ0v) is 29.0. The van der Waals surface area contributed by atoms with Crippen molar-refractivity contribution in [3.05, 3.63) is 94.9 Å². The summed E-state index contributed by atoms with van der Waals surface area (Å²) in [5.41, 5.74) is 8.88. The third-order valence-electron chi connectivity index (χ3n) is 8.54. The van der Waals surface area contributed by atoms with Gasteiger partial charge in [-0.2, -0.15) is 0 Å². The van der Waals surface area contributed by atoms with Gasteiger partial charge in [-0.1, -0.05) is 42.4 Å². The highest BCUT2D eigenvalue weighted by Gasteiger charge is 2.35. The van der Waals surface area contributed by atoms with Crippen molar-refractivity contribution in [1.82, 2.24) is 15.0 Å². The molecular formula is C35H42N6O7S. The fourth-order valence-electron chi connectivity index (χ4n) is 5.85. The Labute approximate surface area is 286 Å². The van der Waals surface area contributed by atoms with E-state index in [-0.39, 0.29) is 57.7 Å². The molecule has 3 aromatic carbocycles. The zero-order valence-electron chi connectivity index (χ0n) is 28.1. The Morgan fingerprint density at radius 3 is 2.45 bits per heavy atom. The Hall–Kier alpha value is -4.92. The number of benzene rings is 3. The number of aliphatic hydroxyl groups excluding tert-OH is 1. The third kappa shape index (κ3) is 7.88. The minimum absolute atomic E-state index is 0.0878. The average molecular weight is 691 g/mol. The smallest absolute Gasteiger partial charge is 0.267 e. The molecule has 14 heteroatoms. The summed E-state index contributed by atoms with van der Waals surface area (Å²) in [7, 11) is -2.23. The maximum Gasteiger partial charge on any atom is 0.267 e. The molecule has 0 bridgehead atoms. The lowest BCUT2D eigenvalue weighted by Crippen LogP contribution is -2.49. The van der Waals surface area contributed by atoms with E-state index in [4.69, 9.17) is 15.0 Å². The van der Waals surface area contributed by atoms with Crippen LogP contribution in [0.4, 0.5) is 17.1 Å². The molecule has 0 aliphatic carbocycles. The minimum atomic E-state index is -4.16. The number of aromatic nitrogens is 1. The number of nitrogens with zero attached hydrogens (tertiary/aromatic N) is 3. The van der Waals surface area contributed by atoms with Gasteiger partial charge in [0.25, 0.3) is 21.8 Å². The maximum atomic E-state index is 13.8. The molecular weight excluding hydrogens is 648 g/mol. The number of likely N-dealkylation sites (N-methyl/N-ethyl adjacent to an activating group) is 1. The number of carbonyl (C=O) groups excluding carboxylic acids is 2. The molecule has 13 nitrogen and oxygen atoms in total. The molecule has 2 heterocycles. The number of aliphatic hydroxyl groups is 1. The van der Waals surface area contributed by atoms with Gasteiger partial charge in [0.05, 0.1) is 35.3 Å². The Kier molecular flexibility index (Phi) is 10.6. The average Bonchev–Trinajstić information content (AvgIpc) is 3.42. The molecule has 260 valence electrons. The number of sulfonamides is 1. The number of amides is 2. The van der Waals surface area contributed by atoms with Gasteiger partial charge in [0.1, 0.15) is 11.8 Å². The van der Waals surface area contributed by atoms with Gasteiger partial charge >= 0.3 is 0 Å². The van der Waals surface area contributed by atoms with Crippen molar-refractivity contribution < 1.29 is 32.4 Å². The Bertz CT molecular complexity index is 1910. The number of para-hydroxylation sites is 3. The summed E-state index contributed by atoms with van der Waals surface area (Å²) in [5, 5.41) is 16.6. The van der Waals surface area contributed by atoms with Gasteiger partial charge in [-0.05, 0) is 69.8 Å². The molecule has 1 aromatic heterocycles. The van der Waals surface area contributed by atoms with Gasteiger partial charge in [-0.25, -0.2) is 8.42 Å². The summed E-state index contributed by atoms with van der Waals surface area (Å²) >= 11 is 0. The first kappa shape index (κ1) is 35.4. The van der Waals surface area contributed by atoms with Crippen LogP contribution in [0.2, 0.25) is 0 Å².